The Kier molecular flexibility index (Phi) is 4.12. The normalized spacial score (nSPS) is 29.1. The maximum Gasteiger partial charge on any atom is 0.315 e. The van der Waals surface area contributed by atoms with Gasteiger partial charge in [0.05, 0.1) is 19.6 Å². The molecular formula is C13H18O6. The first-order valence-corrected chi connectivity index (χ1v) is 6.72. The number of carbonyl (C=O) groups is 1. The Morgan fingerprint density at radius 2 is 1.95 bits per heavy atom. The molecule has 2 fully saturated rings. The molecule has 3 rings (SSSR count). The Bertz CT molecular complexity index is 365. The molecule has 0 aromatic rings. The highest BCUT2D eigenvalue weighted by atomic mass is 16.7. The van der Waals surface area contributed by atoms with Gasteiger partial charge in [0, 0.05) is 12.2 Å². The van der Waals surface area contributed by atoms with Gasteiger partial charge in [-0.2, -0.15) is 0 Å². The fourth-order valence-electron chi connectivity index (χ4n) is 2.40. The average molecular weight is 270 g/mol. The summed E-state index contributed by atoms with van der Waals surface area (Å²) in [5.74, 6) is 0.239. The summed E-state index contributed by atoms with van der Waals surface area (Å²) in [6.45, 7) is 2.05. The van der Waals surface area contributed by atoms with Crippen LogP contribution < -0.4 is 0 Å². The molecule has 19 heavy (non-hydrogen) atoms. The molecule has 1 unspecified atom stereocenters. The van der Waals surface area contributed by atoms with Crippen molar-refractivity contribution in [2.24, 2.45) is 0 Å². The highest BCUT2D eigenvalue weighted by molar-refractivity contribution is 5.77. The largest absolute Gasteiger partial charge is 0.428 e. The number of cyclic esters (lactones) is 1. The summed E-state index contributed by atoms with van der Waals surface area (Å²) in [5, 5.41) is 0. The molecule has 0 bridgehead atoms. The van der Waals surface area contributed by atoms with Crippen LogP contribution in [0.15, 0.2) is 11.3 Å². The Hall–Kier alpha value is -0.950. The minimum absolute atomic E-state index is 0.202. The molecule has 2 saturated heterocycles. The highest BCUT2D eigenvalue weighted by Crippen LogP contribution is 2.28. The van der Waals surface area contributed by atoms with Crippen LogP contribution in [0.2, 0.25) is 0 Å². The number of esters is 1. The van der Waals surface area contributed by atoms with Crippen molar-refractivity contribution in [3.8, 4) is 0 Å². The zero-order chi connectivity index (χ0) is 13.1. The molecule has 0 saturated carbocycles. The molecule has 3 aliphatic rings. The molecular weight excluding hydrogens is 252 g/mol. The van der Waals surface area contributed by atoms with E-state index in [0.29, 0.717) is 19.0 Å². The lowest BCUT2D eigenvalue weighted by Crippen LogP contribution is -2.24. The monoisotopic (exact) mass is 270 g/mol. The van der Waals surface area contributed by atoms with E-state index in [1.165, 1.54) is 0 Å². The van der Waals surface area contributed by atoms with Crippen LogP contribution in [-0.2, 0) is 28.5 Å². The third-order valence-electron chi connectivity index (χ3n) is 3.37. The van der Waals surface area contributed by atoms with Gasteiger partial charge in [0.2, 0.25) is 0 Å². The van der Waals surface area contributed by atoms with Crippen LogP contribution >= 0.6 is 0 Å². The Morgan fingerprint density at radius 1 is 1.11 bits per heavy atom. The molecule has 0 aromatic heterocycles. The van der Waals surface area contributed by atoms with Crippen LogP contribution in [-0.4, -0.2) is 45.0 Å². The molecule has 1 atom stereocenters. The van der Waals surface area contributed by atoms with Crippen molar-refractivity contribution < 1.29 is 28.5 Å². The second-order valence-corrected chi connectivity index (χ2v) is 4.78. The third kappa shape index (κ3) is 3.14. The number of ether oxygens (including phenoxy) is 5. The van der Waals surface area contributed by atoms with E-state index in [4.69, 9.17) is 23.7 Å². The minimum Gasteiger partial charge on any atom is -0.428 e. The van der Waals surface area contributed by atoms with E-state index in [1.807, 2.05) is 0 Å². The van der Waals surface area contributed by atoms with Gasteiger partial charge in [-0.05, 0) is 19.3 Å². The van der Waals surface area contributed by atoms with Gasteiger partial charge in [-0.3, -0.25) is 4.79 Å². The lowest BCUT2D eigenvalue weighted by Gasteiger charge is -2.23. The molecule has 3 aliphatic heterocycles. The molecule has 0 aliphatic carbocycles. The predicted octanol–water partition coefficient (Wildman–Crippen LogP) is 1.10. The van der Waals surface area contributed by atoms with Crippen LogP contribution in [0.4, 0.5) is 0 Å². The SMILES string of the molecule is O=C1CC(C2OCCO2)=C(COC2CCCCO2)O1. The fourth-order valence-corrected chi connectivity index (χ4v) is 2.40. The number of rotatable bonds is 4. The molecule has 0 amide bonds. The smallest absolute Gasteiger partial charge is 0.315 e. The molecule has 0 spiro atoms. The molecule has 0 N–H and O–H groups in total. The topological polar surface area (TPSA) is 63.2 Å². The van der Waals surface area contributed by atoms with Gasteiger partial charge in [0.25, 0.3) is 0 Å². The Balaban J connectivity index is 1.59. The van der Waals surface area contributed by atoms with Crippen LogP contribution in [0.3, 0.4) is 0 Å². The van der Waals surface area contributed by atoms with E-state index in [1.54, 1.807) is 0 Å². The van der Waals surface area contributed by atoms with Crippen molar-refractivity contribution in [1.82, 2.24) is 0 Å². The van der Waals surface area contributed by atoms with E-state index in [9.17, 15) is 4.79 Å². The summed E-state index contributed by atoms with van der Waals surface area (Å²) in [7, 11) is 0. The van der Waals surface area contributed by atoms with Gasteiger partial charge >= 0.3 is 5.97 Å². The van der Waals surface area contributed by atoms with Crippen molar-refractivity contribution in [2.45, 2.75) is 38.3 Å². The molecule has 0 radical (unpaired) electrons. The van der Waals surface area contributed by atoms with E-state index >= 15 is 0 Å². The summed E-state index contributed by atoms with van der Waals surface area (Å²) >= 11 is 0. The summed E-state index contributed by atoms with van der Waals surface area (Å²) in [6.07, 6.45) is 2.61. The fraction of sp³-hybridized carbons (Fsp3) is 0.769. The molecule has 6 nitrogen and oxygen atoms in total. The number of carbonyl (C=O) groups excluding carboxylic acids is 1. The van der Waals surface area contributed by atoms with Crippen LogP contribution in [0, 0.1) is 0 Å². The van der Waals surface area contributed by atoms with Gasteiger partial charge < -0.3 is 23.7 Å². The second-order valence-electron chi connectivity index (χ2n) is 4.78. The second kappa shape index (κ2) is 6.00. The van der Waals surface area contributed by atoms with E-state index in [-0.39, 0.29) is 25.3 Å². The lowest BCUT2D eigenvalue weighted by atomic mass is 10.2. The third-order valence-corrected chi connectivity index (χ3v) is 3.37. The summed E-state index contributed by atoms with van der Waals surface area (Å²) in [6, 6.07) is 0. The van der Waals surface area contributed by atoms with Gasteiger partial charge in [-0.1, -0.05) is 0 Å². The van der Waals surface area contributed by atoms with Crippen molar-refractivity contribution in [3.63, 3.8) is 0 Å². The average Bonchev–Trinajstić information content (AvgIpc) is 3.06. The quantitative estimate of drug-likeness (QED) is 0.713. The van der Waals surface area contributed by atoms with Crippen molar-refractivity contribution in [2.75, 3.05) is 26.4 Å². The van der Waals surface area contributed by atoms with E-state index < -0.39 is 6.29 Å². The minimum atomic E-state index is -0.461. The first kappa shape index (κ1) is 13.1. The van der Waals surface area contributed by atoms with Gasteiger partial charge in [0.1, 0.15) is 12.4 Å². The van der Waals surface area contributed by atoms with Crippen LogP contribution in [0.25, 0.3) is 0 Å². The molecule has 0 aromatic carbocycles. The Labute approximate surface area is 111 Å². The van der Waals surface area contributed by atoms with E-state index in [0.717, 1.165) is 31.4 Å². The molecule has 3 heterocycles. The zero-order valence-corrected chi connectivity index (χ0v) is 10.8. The summed E-state index contributed by atoms with van der Waals surface area (Å²) in [4.78, 5) is 11.4. The summed E-state index contributed by atoms with van der Waals surface area (Å²) < 4.78 is 27.1. The van der Waals surface area contributed by atoms with Gasteiger partial charge in [0.15, 0.2) is 12.6 Å². The first-order valence-electron chi connectivity index (χ1n) is 6.72. The van der Waals surface area contributed by atoms with Crippen LogP contribution in [0.1, 0.15) is 25.7 Å². The van der Waals surface area contributed by atoms with Gasteiger partial charge in [-0.15, -0.1) is 0 Å². The maximum absolute atomic E-state index is 11.4. The van der Waals surface area contributed by atoms with E-state index in [2.05, 4.69) is 0 Å². The molecule has 6 heteroatoms. The van der Waals surface area contributed by atoms with Gasteiger partial charge in [-0.25, -0.2) is 0 Å². The lowest BCUT2D eigenvalue weighted by molar-refractivity contribution is -0.164. The zero-order valence-electron chi connectivity index (χ0n) is 10.8. The van der Waals surface area contributed by atoms with Crippen LogP contribution in [0.5, 0.6) is 0 Å². The van der Waals surface area contributed by atoms with Crippen molar-refractivity contribution >= 4 is 5.97 Å². The maximum atomic E-state index is 11.4. The van der Waals surface area contributed by atoms with Crippen molar-refractivity contribution in [1.29, 1.82) is 0 Å². The first-order chi connectivity index (χ1) is 9.33. The predicted molar refractivity (Wildman–Crippen MR) is 63.0 cm³/mol. The number of hydrogen-bond donors (Lipinski definition) is 0. The van der Waals surface area contributed by atoms with Crippen molar-refractivity contribution in [3.05, 3.63) is 11.3 Å². The standard InChI is InChI=1S/C13H18O6/c14-11-7-9(13-16-5-6-17-13)10(19-11)8-18-12-3-1-2-4-15-12/h12-13H,1-8H2. The highest BCUT2D eigenvalue weighted by Gasteiger charge is 2.33. The Morgan fingerprint density at radius 3 is 2.68 bits per heavy atom. The molecule has 106 valence electrons. The number of hydrogen-bond acceptors (Lipinski definition) is 6. The summed E-state index contributed by atoms with van der Waals surface area (Å²) in [5.41, 5.74) is 0.748.